The number of nitrogens with zero attached hydrogens (tertiary/aromatic N) is 3. The number of piperazine rings is 1. The molecule has 0 atom stereocenters. The number of amides is 1. The average molecular weight is 343 g/mol. The van der Waals surface area contributed by atoms with Gasteiger partial charge in [0.25, 0.3) is 0 Å². The summed E-state index contributed by atoms with van der Waals surface area (Å²) in [5.74, 6) is 0.355. The van der Waals surface area contributed by atoms with Gasteiger partial charge in [-0.2, -0.15) is 0 Å². The molecule has 0 saturated carbocycles. The van der Waals surface area contributed by atoms with Gasteiger partial charge < -0.3 is 4.90 Å². The fraction of sp³-hybridized carbons (Fsp3) is 0.600. The molecule has 2 aliphatic heterocycles. The summed E-state index contributed by atoms with van der Waals surface area (Å²) in [5.41, 5.74) is 3.28. The maximum atomic E-state index is 12.6. The standard InChI is InChI=1S/C20H29N3O2/c1-15(2)22-8-10-23(11-9-22)20(25)14-21-7-6-18-12-17(16(3)24)4-5-19(18)13-21/h4-5,12,15H,6-11,13-14H2,1-3H3. The van der Waals surface area contributed by atoms with Crippen LogP contribution < -0.4 is 0 Å². The van der Waals surface area contributed by atoms with Gasteiger partial charge in [-0.15, -0.1) is 0 Å². The quantitative estimate of drug-likeness (QED) is 0.782. The number of hydrogen-bond acceptors (Lipinski definition) is 4. The lowest BCUT2D eigenvalue weighted by molar-refractivity contribution is -0.134. The lowest BCUT2D eigenvalue weighted by atomic mass is 9.96. The third-order valence-corrected chi connectivity index (χ3v) is 5.46. The van der Waals surface area contributed by atoms with Crippen molar-refractivity contribution in [1.29, 1.82) is 0 Å². The summed E-state index contributed by atoms with van der Waals surface area (Å²) in [6, 6.07) is 6.51. The number of carbonyl (C=O) groups is 2. The molecule has 25 heavy (non-hydrogen) atoms. The van der Waals surface area contributed by atoms with Crippen LogP contribution in [0.4, 0.5) is 0 Å². The second kappa shape index (κ2) is 7.67. The maximum Gasteiger partial charge on any atom is 0.236 e. The van der Waals surface area contributed by atoms with E-state index < -0.39 is 0 Å². The van der Waals surface area contributed by atoms with Crippen LogP contribution in [0.2, 0.25) is 0 Å². The van der Waals surface area contributed by atoms with Gasteiger partial charge in [0.15, 0.2) is 5.78 Å². The van der Waals surface area contributed by atoms with Crippen molar-refractivity contribution in [2.24, 2.45) is 0 Å². The van der Waals surface area contributed by atoms with Gasteiger partial charge in [0.05, 0.1) is 6.54 Å². The Kier molecular flexibility index (Phi) is 5.54. The van der Waals surface area contributed by atoms with Crippen molar-refractivity contribution in [3.63, 3.8) is 0 Å². The third kappa shape index (κ3) is 4.28. The second-order valence-electron chi connectivity index (χ2n) is 7.51. The van der Waals surface area contributed by atoms with Crippen molar-refractivity contribution in [2.45, 2.75) is 39.8 Å². The first-order chi connectivity index (χ1) is 11.9. The summed E-state index contributed by atoms with van der Waals surface area (Å²) >= 11 is 0. The summed E-state index contributed by atoms with van der Waals surface area (Å²) < 4.78 is 0. The molecule has 0 N–H and O–H groups in total. The number of carbonyl (C=O) groups excluding carboxylic acids is 2. The SMILES string of the molecule is CC(=O)c1ccc2c(c1)CCN(CC(=O)N1CCN(C(C)C)CC1)C2. The van der Waals surface area contributed by atoms with E-state index in [-0.39, 0.29) is 11.7 Å². The summed E-state index contributed by atoms with van der Waals surface area (Å²) in [6.07, 6.45) is 0.908. The van der Waals surface area contributed by atoms with E-state index in [1.54, 1.807) is 6.92 Å². The predicted molar refractivity (Wildman–Crippen MR) is 98.7 cm³/mol. The van der Waals surface area contributed by atoms with Crippen molar-refractivity contribution in [2.75, 3.05) is 39.3 Å². The van der Waals surface area contributed by atoms with Crippen molar-refractivity contribution < 1.29 is 9.59 Å². The Morgan fingerprint density at radius 1 is 1.04 bits per heavy atom. The van der Waals surface area contributed by atoms with Gasteiger partial charge in [-0.25, -0.2) is 0 Å². The van der Waals surface area contributed by atoms with Crippen LogP contribution in [0.1, 0.15) is 42.3 Å². The summed E-state index contributed by atoms with van der Waals surface area (Å²) in [6.45, 7) is 11.8. The fourth-order valence-electron chi connectivity index (χ4n) is 3.74. The minimum absolute atomic E-state index is 0.112. The Morgan fingerprint density at radius 2 is 1.76 bits per heavy atom. The number of rotatable bonds is 4. The van der Waals surface area contributed by atoms with Crippen LogP contribution in [-0.4, -0.2) is 71.7 Å². The van der Waals surface area contributed by atoms with Gasteiger partial charge in [0, 0.05) is 50.9 Å². The largest absolute Gasteiger partial charge is 0.339 e. The van der Waals surface area contributed by atoms with Gasteiger partial charge in [-0.05, 0) is 44.4 Å². The summed E-state index contributed by atoms with van der Waals surface area (Å²) in [7, 11) is 0. The molecule has 0 spiro atoms. The molecular weight excluding hydrogens is 314 g/mol. The number of ketones is 1. The van der Waals surface area contributed by atoms with E-state index in [0.717, 1.165) is 51.3 Å². The van der Waals surface area contributed by atoms with Crippen LogP contribution in [-0.2, 0) is 17.8 Å². The van der Waals surface area contributed by atoms with E-state index in [1.807, 2.05) is 23.1 Å². The molecule has 5 heteroatoms. The molecule has 0 aromatic heterocycles. The number of benzene rings is 1. The normalized spacial score (nSPS) is 19.1. The van der Waals surface area contributed by atoms with Crippen LogP contribution in [0.15, 0.2) is 18.2 Å². The second-order valence-corrected chi connectivity index (χ2v) is 7.51. The Labute approximate surface area is 150 Å². The Bertz CT molecular complexity index is 648. The summed E-state index contributed by atoms with van der Waals surface area (Å²) in [4.78, 5) is 30.8. The molecule has 3 rings (SSSR count). The molecule has 1 aromatic rings. The average Bonchev–Trinajstić information content (AvgIpc) is 2.61. The molecule has 2 aliphatic rings. The molecular formula is C20H29N3O2. The zero-order valence-corrected chi connectivity index (χ0v) is 15.6. The summed E-state index contributed by atoms with van der Waals surface area (Å²) in [5, 5.41) is 0. The van der Waals surface area contributed by atoms with Crippen molar-refractivity contribution in [3.8, 4) is 0 Å². The molecule has 2 heterocycles. The number of fused-ring (bicyclic) bond motifs is 1. The maximum absolute atomic E-state index is 12.6. The highest BCUT2D eigenvalue weighted by atomic mass is 16.2. The predicted octanol–water partition coefficient (Wildman–Crippen LogP) is 1.80. The van der Waals surface area contributed by atoms with E-state index in [9.17, 15) is 9.59 Å². The smallest absolute Gasteiger partial charge is 0.236 e. The molecule has 1 fully saturated rings. The van der Waals surface area contributed by atoms with Gasteiger partial charge in [-0.3, -0.25) is 19.4 Å². The van der Waals surface area contributed by atoms with Gasteiger partial charge in [0.1, 0.15) is 0 Å². The molecule has 0 bridgehead atoms. The van der Waals surface area contributed by atoms with Gasteiger partial charge >= 0.3 is 0 Å². The highest BCUT2D eigenvalue weighted by molar-refractivity contribution is 5.94. The van der Waals surface area contributed by atoms with E-state index in [0.29, 0.717) is 12.6 Å². The molecule has 1 aromatic carbocycles. The van der Waals surface area contributed by atoms with Crippen LogP contribution in [0.3, 0.4) is 0 Å². The molecule has 0 aliphatic carbocycles. The van der Waals surface area contributed by atoms with Crippen LogP contribution in [0, 0.1) is 0 Å². The topological polar surface area (TPSA) is 43.9 Å². The van der Waals surface area contributed by atoms with Crippen molar-refractivity contribution in [1.82, 2.24) is 14.7 Å². The first kappa shape index (κ1) is 18.1. The zero-order chi connectivity index (χ0) is 18.0. The van der Waals surface area contributed by atoms with Crippen molar-refractivity contribution in [3.05, 3.63) is 34.9 Å². The Morgan fingerprint density at radius 3 is 2.40 bits per heavy atom. The van der Waals surface area contributed by atoms with E-state index >= 15 is 0 Å². The van der Waals surface area contributed by atoms with E-state index in [2.05, 4.69) is 23.6 Å². The molecule has 1 saturated heterocycles. The molecule has 1 amide bonds. The Hall–Kier alpha value is -1.72. The van der Waals surface area contributed by atoms with Crippen LogP contribution in [0.5, 0.6) is 0 Å². The fourth-order valence-corrected chi connectivity index (χ4v) is 3.74. The lowest BCUT2D eigenvalue weighted by Gasteiger charge is -2.38. The molecule has 0 radical (unpaired) electrons. The van der Waals surface area contributed by atoms with E-state index in [4.69, 9.17) is 0 Å². The van der Waals surface area contributed by atoms with Gasteiger partial charge in [0.2, 0.25) is 5.91 Å². The Balaban J connectivity index is 1.54. The first-order valence-corrected chi connectivity index (χ1v) is 9.31. The molecule has 0 unspecified atom stereocenters. The van der Waals surface area contributed by atoms with Gasteiger partial charge in [-0.1, -0.05) is 12.1 Å². The van der Waals surface area contributed by atoms with E-state index in [1.165, 1.54) is 11.1 Å². The number of Topliss-reactive ketones (excluding diaryl/α,β-unsaturated/α-hetero) is 1. The molecule has 5 nitrogen and oxygen atoms in total. The molecule has 136 valence electrons. The zero-order valence-electron chi connectivity index (χ0n) is 15.6. The minimum Gasteiger partial charge on any atom is -0.339 e. The highest BCUT2D eigenvalue weighted by Gasteiger charge is 2.25. The highest BCUT2D eigenvalue weighted by Crippen LogP contribution is 2.21. The lowest BCUT2D eigenvalue weighted by Crippen LogP contribution is -2.53. The third-order valence-electron chi connectivity index (χ3n) is 5.46. The van der Waals surface area contributed by atoms with Crippen LogP contribution >= 0.6 is 0 Å². The van der Waals surface area contributed by atoms with Crippen molar-refractivity contribution >= 4 is 11.7 Å². The van der Waals surface area contributed by atoms with Crippen LogP contribution in [0.25, 0.3) is 0 Å². The monoisotopic (exact) mass is 343 g/mol. The number of hydrogen-bond donors (Lipinski definition) is 0. The first-order valence-electron chi connectivity index (χ1n) is 9.31. The minimum atomic E-state index is 0.112.